The Kier molecular flexibility index (Phi) is 2.11. The van der Waals surface area contributed by atoms with Crippen LogP contribution in [0.5, 0.6) is 0 Å². The van der Waals surface area contributed by atoms with E-state index >= 15 is 0 Å². The van der Waals surface area contributed by atoms with E-state index in [1.54, 1.807) is 28.6 Å². The normalized spacial score (nSPS) is 48.9. The van der Waals surface area contributed by atoms with Crippen LogP contribution in [0.25, 0.3) is 0 Å². The lowest BCUT2D eigenvalue weighted by atomic mass is 9.96. The van der Waals surface area contributed by atoms with Gasteiger partial charge in [-0.05, 0) is 24.2 Å². The molecule has 0 aromatic carbocycles. The van der Waals surface area contributed by atoms with Crippen LogP contribution in [0.15, 0.2) is 0 Å². The summed E-state index contributed by atoms with van der Waals surface area (Å²) in [5.41, 5.74) is 0.829. The fraction of sp³-hybridized carbons (Fsp3) is 1.00. The Labute approximate surface area is 72.6 Å². The third-order valence-corrected chi connectivity index (χ3v) is 6.02. The number of hydrogen-bond donors (Lipinski definition) is 0. The molecule has 1 heterocycles. The van der Waals surface area contributed by atoms with Crippen LogP contribution in [0, 0.1) is 11.3 Å². The van der Waals surface area contributed by atoms with Crippen molar-refractivity contribution in [2.45, 2.75) is 44.9 Å². The van der Waals surface area contributed by atoms with Crippen molar-refractivity contribution >= 4 is 15.7 Å². The molecule has 1 aliphatic heterocycles. The van der Waals surface area contributed by atoms with Crippen molar-refractivity contribution in [1.29, 1.82) is 0 Å². The highest BCUT2D eigenvalue weighted by atomic mass is 31.8. The zero-order valence-corrected chi connectivity index (χ0v) is 9.17. The van der Waals surface area contributed by atoms with E-state index in [1.807, 2.05) is 0 Å². The number of hydrogen-bond acceptors (Lipinski definition) is 0. The van der Waals surface area contributed by atoms with E-state index in [0.717, 1.165) is 16.7 Å². The third kappa shape index (κ3) is 1.53. The molecular weight excluding hydrogens is 170 g/mol. The largest absolute Gasteiger partial charge is 0.0651 e. The highest BCUT2D eigenvalue weighted by molar-refractivity contribution is 8.02. The Morgan fingerprint density at radius 3 is 2.45 bits per heavy atom. The molecule has 0 amide bonds. The summed E-state index contributed by atoms with van der Waals surface area (Å²) in [6.07, 6.45) is 5.95. The van der Waals surface area contributed by atoms with Crippen LogP contribution in [-0.4, -0.2) is 5.40 Å². The Morgan fingerprint density at radius 2 is 2.09 bits per heavy atom. The molecule has 2 heteroatoms. The van der Waals surface area contributed by atoms with Crippen LogP contribution in [-0.2, 0) is 0 Å². The molecule has 62 valence electrons. The summed E-state index contributed by atoms with van der Waals surface area (Å²) < 4.78 is 0. The first kappa shape index (κ1) is 8.21. The smallest absolute Gasteiger partial charge is 0.0513 e. The summed E-state index contributed by atoms with van der Waals surface area (Å²) in [5, 5.41) is 1.09. The second-order valence-electron chi connectivity index (χ2n) is 3.94. The van der Waals surface area contributed by atoms with Crippen molar-refractivity contribution < 1.29 is 0 Å². The first-order valence-corrected chi connectivity index (χ1v) is 7.34. The van der Waals surface area contributed by atoms with Crippen LogP contribution in [0.3, 0.4) is 0 Å². The lowest BCUT2D eigenvalue weighted by Gasteiger charge is -2.12. The summed E-state index contributed by atoms with van der Waals surface area (Å²) in [6.45, 7) is 4.73. The Balaban J connectivity index is 1.86. The predicted octanol–water partition coefficient (Wildman–Crippen LogP) is 4.35. The molecule has 0 radical (unpaired) electrons. The van der Waals surface area contributed by atoms with E-state index in [2.05, 4.69) is 13.8 Å². The minimum absolute atomic E-state index is 0.829. The fourth-order valence-electron chi connectivity index (χ4n) is 2.33. The molecule has 0 bridgehead atoms. The van der Waals surface area contributed by atoms with Gasteiger partial charge in [0.25, 0.3) is 0 Å². The van der Waals surface area contributed by atoms with Gasteiger partial charge in [0.1, 0.15) is 0 Å². The molecule has 1 aliphatic carbocycles. The van der Waals surface area contributed by atoms with E-state index in [-0.39, 0.29) is 0 Å². The SMILES string of the molecule is CCC1CC1(CC)CC1P=P1. The van der Waals surface area contributed by atoms with Gasteiger partial charge in [-0.25, -0.2) is 0 Å². The van der Waals surface area contributed by atoms with Gasteiger partial charge >= 0.3 is 0 Å². The lowest BCUT2D eigenvalue weighted by molar-refractivity contribution is 0.414. The van der Waals surface area contributed by atoms with Gasteiger partial charge in [0.15, 0.2) is 0 Å². The van der Waals surface area contributed by atoms with Crippen LogP contribution in [0.1, 0.15) is 39.5 Å². The van der Waals surface area contributed by atoms with Crippen molar-refractivity contribution in [2.75, 3.05) is 0 Å². The molecule has 0 spiro atoms. The van der Waals surface area contributed by atoms with E-state index in [4.69, 9.17) is 0 Å². The second kappa shape index (κ2) is 2.82. The van der Waals surface area contributed by atoms with Gasteiger partial charge < -0.3 is 0 Å². The molecule has 0 aromatic heterocycles. The molecule has 0 nitrogen and oxygen atoms in total. The van der Waals surface area contributed by atoms with E-state index < -0.39 is 0 Å². The van der Waals surface area contributed by atoms with Gasteiger partial charge in [-0.1, -0.05) is 42.4 Å². The minimum atomic E-state index is 0.829. The monoisotopic (exact) mass is 186 g/mol. The number of rotatable bonds is 4. The first-order valence-electron chi connectivity index (χ1n) is 4.70. The molecule has 0 N–H and O–H groups in total. The molecule has 1 saturated carbocycles. The minimum Gasteiger partial charge on any atom is -0.0651 e. The summed E-state index contributed by atoms with van der Waals surface area (Å²) in [6, 6.07) is 0. The summed E-state index contributed by atoms with van der Waals surface area (Å²) in [7, 11) is 3.44. The molecule has 0 saturated heterocycles. The highest BCUT2D eigenvalue weighted by Gasteiger charge is 2.52. The van der Waals surface area contributed by atoms with Gasteiger partial charge in [-0.2, -0.15) is 0 Å². The second-order valence-corrected chi connectivity index (χ2v) is 7.44. The Morgan fingerprint density at radius 1 is 1.36 bits per heavy atom. The summed E-state index contributed by atoms with van der Waals surface area (Å²) >= 11 is 0. The zero-order chi connectivity index (χ0) is 7.90. The van der Waals surface area contributed by atoms with Gasteiger partial charge in [-0.3, -0.25) is 0 Å². The van der Waals surface area contributed by atoms with Gasteiger partial charge in [0.05, 0.1) is 5.40 Å². The molecular formula is C9H16P2. The molecule has 1 fully saturated rings. The summed E-state index contributed by atoms with van der Waals surface area (Å²) in [4.78, 5) is 0. The standard InChI is InChI=1S/C9H16P2/c1-3-7-5-9(7,4-2)6-8-10-11-8/h7-8H,3-6H2,1-2H3. The van der Waals surface area contributed by atoms with E-state index in [0.29, 0.717) is 0 Å². The van der Waals surface area contributed by atoms with Crippen LogP contribution >= 0.6 is 15.7 Å². The topological polar surface area (TPSA) is 0 Å². The maximum Gasteiger partial charge on any atom is 0.0513 e. The van der Waals surface area contributed by atoms with Crippen LogP contribution < -0.4 is 0 Å². The van der Waals surface area contributed by atoms with Crippen molar-refractivity contribution in [3.63, 3.8) is 0 Å². The quantitative estimate of drug-likeness (QED) is 0.572. The highest BCUT2D eigenvalue weighted by Crippen LogP contribution is 2.65. The van der Waals surface area contributed by atoms with Gasteiger partial charge in [0, 0.05) is 0 Å². The van der Waals surface area contributed by atoms with Gasteiger partial charge in [-0.15, -0.1) is 0 Å². The van der Waals surface area contributed by atoms with Crippen LogP contribution in [0.4, 0.5) is 0 Å². The molecule has 0 aromatic rings. The average molecular weight is 186 g/mol. The van der Waals surface area contributed by atoms with Crippen LogP contribution in [0.2, 0.25) is 0 Å². The van der Waals surface area contributed by atoms with Crippen molar-refractivity contribution in [1.82, 2.24) is 0 Å². The summed E-state index contributed by atoms with van der Waals surface area (Å²) in [5.74, 6) is 1.10. The van der Waals surface area contributed by atoms with Gasteiger partial charge in [0.2, 0.25) is 0 Å². The fourth-order valence-corrected chi connectivity index (χ4v) is 4.09. The van der Waals surface area contributed by atoms with Crippen molar-refractivity contribution in [3.8, 4) is 0 Å². The Bertz CT molecular complexity index is 182. The third-order valence-electron chi connectivity index (χ3n) is 3.42. The van der Waals surface area contributed by atoms with E-state index in [1.165, 1.54) is 12.8 Å². The zero-order valence-electron chi connectivity index (χ0n) is 7.38. The molecule has 2 rings (SSSR count). The lowest BCUT2D eigenvalue weighted by Crippen LogP contribution is -2.04. The molecule has 2 atom stereocenters. The Hall–Kier alpha value is 0.600. The maximum atomic E-state index is 2.38. The van der Waals surface area contributed by atoms with Crippen molar-refractivity contribution in [2.24, 2.45) is 11.3 Å². The molecule has 11 heavy (non-hydrogen) atoms. The average Bonchev–Trinajstić information content (AvgIpc) is 2.88. The predicted molar refractivity (Wildman–Crippen MR) is 53.4 cm³/mol. The molecule has 2 unspecified atom stereocenters. The molecule has 2 aliphatic rings. The maximum absolute atomic E-state index is 2.38. The van der Waals surface area contributed by atoms with E-state index in [9.17, 15) is 0 Å². The first-order chi connectivity index (χ1) is 5.30. The van der Waals surface area contributed by atoms with Crippen molar-refractivity contribution in [3.05, 3.63) is 0 Å².